The lowest BCUT2D eigenvalue weighted by Gasteiger charge is -2.20. The Bertz CT molecular complexity index is 422. The molecule has 0 radical (unpaired) electrons. The van der Waals surface area contributed by atoms with Gasteiger partial charge in [0.2, 0.25) is 0 Å². The highest BCUT2D eigenvalue weighted by molar-refractivity contribution is 8.14. The monoisotopic (exact) mass is 285 g/mol. The minimum atomic E-state index is -0.509. The van der Waals surface area contributed by atoms with Crippen molar-refractivity contribution in [1.82, 2.24) is 5.32 Å². The smallest absolute Gasteiger partial charge is 0.308 e. The Kier molecular flexibility index (Phi) is 5.47. The third-order valence-electron chi connectivity index (χ3n) is 2.18. The summed E-state index contributed by atoms with van der Waals surface area (Å²) in [7, 11) is 1.31. The second kappa shape index (κ2) is 6.65. The molecule has 19 heavy (non-hydrogen) atoms. The van der Waals surface area contributed by atoms with E-state index in [-0.39, 0.29) is 16.4 Å². The number of nitrogens with one attached hydrogen (secondary N) is 1. The van der Waals surface area contributed by atoms with E-state index in [9.17, 15) is 9.59 Å². The highest BCUT2D eigenvalue weighted by atomic mass is 32.2. The molecule has 0 aliphatic heterocycles. The van der Waals surface area contributed by atoms with Crippen molar-refractivity contribution in [2.45, 2.75) is 38.0 Å². The van der Waals surface area contributed by atoms with E-state index in [1.807, 2.05) is 20.8 Å². The third-order valence-corrected chi connectivity index (χ3v) is 3.09. The van der Waals surface area contributed by atoms with Gasteiger partial charge >= 0.3 is 5.97 Å². The minimum absolute atomic E-state index is 0.0421. The van der Waals surface area contributed by atoms with E-state index in [4.69, 9.17) is 4.42 Å². The Balaban J connectivity index is 2.70. The largest absolute Gasteiger partial charge is 0.469 e. The van der Waals surface area contributed by atoms with Crippen molar-refractivity contribution in [2.24, 2.45) is 0 Å². The van der Waals surface area contributed by atoms with Crippen LogP contribution in [0.4, 0.5) is 4.79 Å². The maximum Gasteiger partial charge on any atom is 0.308 e. The molecule has 106 valence electrons. The van der Waals surface area contributed by atoms with Gasteiger partial charge in [0.1, 0.15) is 5.76 Å². The van der Waals surface area contributed by atoms with E-state index in [0.29, 0.717) is 5.76 Å². The van der Waals surface area contributed by atoms with E-state index < -0.39 is 12.0 Å². The molecule has 0 aliphatic rings. The first-order chi connectivity index (χ1) is 8.81. The summed E-state index contributed by atoms with van der Waals surface area (Å²) in [5.41, 5.74) is 0. The van der Waals surface area contributed by atoms with Crippen LogP contribution < -0.4 is 5.32 Å². The standard InChI is InChI=1S/C13H19NO4S/c1-13(2,3)19-12(16)14-9(8-11(15)17-4)10-6-5-7-18-10/h5-7,9H,8H2,1-4H3,(H,14,16)/t9-/m1/s1. The van der Waals surface area contributed by atoms with Crippen molar-refractivity contribution in [2.75, 3.05) is 7.11 Å². The predicted octanol–water partition coefficient (Wildman–Crippen LogP) is 3.13. The third kappa shape index (κ3) is 5.83. The zero-order valence-corrected chi connectivity index (χ0v) is 12.4. The molecule has 1 rings (SSSR count). The summed E-state index contributed by atoms with van der Waals surface area (Å²) >= 11 is 1.17. The molecule has 0 fully saturated rings. The number of carbonyl (C=O) groups is 2. The Labute approximate surface area is 117 Å². The van der Waals surface area contributed by atoms with Gasteiger partial charge in [0.15, 0.2) is 0 Å². The molecule has 1 atom stereocenters. The fourth-order valence-corrected chi connectivity index (χ4v) is 2.17. The van der Waals surface area contributed by atoms with Gasteiger partial charge in [0.25, 0.3) is 5.24 Å². The summed E-state index contributed by atoms with van der Waals surface area (Å²) < 4.78 is 9.67. The van der Waals surface area contributed by atoms with Crippen molar-refractivity contribution >= 4 is 23.0 Å². The van der Waals surface area contributed by atoms with Crippen molar-refractivity contribution in [3.05, 3.63) is 24.2 Å². The van der Waals surface area contributed by atoms with E-state index in [1.165, 1.54) is 25.1 Å². The minimum Gasteiger partial charge on any atom is -0.469 e. The summed E-state index contributed by atoms with van der Waals surface area (Å²) in [5, 5.41) is 2.57. The number of rotatable bonds is 4. The molecule has 5 nitrogen and oxygen atoms in total. The highest BCUT2D eigenvalue weighted by Gasteiger charge is 2.24. The quantitative estimate of drug-likeness (QED) is 0.861. The molecule has 0 aliphatic carbocycles. The van der Waals surface area contributed by atoms with Gasteiger partial charge < -0.3 is 14.5 Å². The predicted molar refractivity (Wildman–Crippen MR) is 74.0 cm³/mol. The molecule has 6 heteroatoms. The van der Waals surface area contributed by atoms with E-state index in [2.05, 4.69) is 10.1 Å². The summed E-state index contributed by atoms with van der Waals surface area (Å²) in [6.07, 6.45) is 1.54. The highest BCUT2D eigenvalue weighted by Crippen LogP contribution is 2.26. The summed E-state index contributed by atoms with van der Waals surface area (Å²) in [4.78, 5) is 23.3. The van der Waals surface area contributed by atoms with Gasteiger partial charge in [-0.2, -0.15) is 0 Å². The average molecular weight is 285 g/mol. The first-order valence-electron chi connectivity index (χ1n) is 5.91. The lowest BCUT2D eigenvalue weighted by molar-refractivity contribution is -0.141. The second-order valence-electron chi connectivity index (χ2n) is 4.99. The van der Waals surface area contributed by atoms with Gasteiger partial charge in [0.05, 0.1) is 25.8 Å². The SMILES string of the molecule is COC(=O)C[C@@H](NC(=O)SC(C)(C)C)c1ccco1. The number of carbonyl (C=O) groups excluding carboxylic acids is 2. The summed E-state index contributed by atoms with van der Waals surface area (Å²) in [6, 6.07) is 2.92. The number of amides is 1. The zero-order valence-electron chi connectivity index (χ0n) is 11.6. The number of methoxy groups -OCH3 is 1. The van der Waals surface area contributed by atoms with Crippen LogP contribution in [-0.4, -0.2) is 23.1 Å². The van der Waals surface area contributed by atoms with Crippen molar-refractivity contribution in [3.8, 4) is 0 Å². The van der Waals surface area contributed by atoms with E-state index >= 15 is 0 Å². The maximum absolute atomic E-state index is 11.9. The van der Waals surface area contributed by atoms with Gasteiger partial charge in [0, 0.05) is 4.75 Å². The number of ether oxygens (including phenoxy) is 1. The molecule has 1 amide bonds. The maximum atomic E-state index is 11.9. The molecule has 1 N–H and O–H groups in total. The first-order valence-corrected chi connectivity index (χ1v) is 6.73. The topological polar surface area (TPSA) is 68.5 Å². The molecule has 0 unspecified atom stereocenters. The average Bonchev–Trinajstić information content (AvgIpc) is 2.78. The summed E-state index contributed by atoms with van der Waals surface area (Å²) in [5.74, 6) is 0.135. The number of thioether (sulfide) groups is 1. The summed E-state index contributed by atoms with van der Waals surface area (Å²) in [6.45, 7) is 5.83. The fourth-order valence-electron chi connectivity index (χ4n) is 1.41. The van der Waals surface area contributed by atoms with E-state index in [1.54, 1.807) is 12.1 Å². The van der Waals surface area contributed by atoms with Crippen LogP contribution in [0.25, 0.3) is 0 Å². The van der Waals surface area contributed by atoms with Crippen LogP contribution in [0.5, 0.6) is 0 Å². The van der Waals surface area contributed by atoms with Crippen molar-refractivity contribution in [3.63, 3.8) is 0 Å². The Morgan fingerprint density at radius 3 is 2.63 bits per heavy atom. The van der Waals surface area contributed by atoms with Crippen LogP contribution in [0.1, 0.15) is 39.0 Å². The Hall–Kier alpha value is -1.43. The molecule has 1 heterocycles. The number of hydrogen-bond donors (Lipinski definition) is 1. The van der Waals surface area contributed by atoms with Crippen LogP contribution in [-0.2, 0) is 9.53 Å². The normalized spacial score (nSPS) is 12.8. The van der Waals surface area contributed by atoms with Crippen LogP contribution in [0.2, 0.25) is 0 Å². The van der Waals surface area contributed by atoms with Crippen molar-refractivity contribution < 1.29 is 18.7 Å². The van der Waals surface area contributed by atoms with Gasteiger partial charge in [-0.1, -0.05) is 32.5 Å². The van der Waals surface area contributed by atoms with Gasteiger partial charge in [-0.25, -0.2) is 0 Å². The molecular formula is C13H19NO4S. The van der Waals surface area contributed by atoms with Gasteiger partial charge in [-0.3, -0.25) is 9.59 Å². The van der Waals surface area contributed by atoms with Crippen LogP contribution >= 0.6 is 11.8 Å². The Morgan fingerprint density at radius 1 is 1.47 bits per heavy atom. The number of hydrogen-bond acceptors (Lipinski definition) is 5. The van der Waals surface area contributed by atoms with Gasteiger partial charge in [-0.15, -0.1) is 0 Å². The fraction of sp³-hybridized carbons (Fsp3) is 0.538. The lowest BCUT2D eigenvalue weighted by atomic mass is 10.1. The number of esters is 1. The van der Waals surface area contributed by atoms with Crippen molar-refractivity contribution in [1.29, 1.82) is 0 Å². The van der Waals surface area contributed by atoms with E-state index in [0.717, 1.165) is 0 Å². The molecule has 0 spiro atoms. The second-order valence-corrected chi connectivity index (χ2v) is 6.79. The molecule has 0 saturated heterocycles. The zero-order chi connectivity index (χ0) is 14.5. The molecule has 0 aromatic carbocycles. The first kappa shape index (κ1) is 15.6. The molecule has 0 bridgehead atoms. The Morgan fingerprint density at radius 2 is 2.16 bits per heavy atom. The lowest BCUT2D eigenvalue weighted by Crippen LogP contribution is -2.29. The van der Waals surface area contributed by atoms with Gasteiger partial charge in [-0.05, 0) is 12.1 Å². The molecular weight excluding hydrogens is 266 g/mol. The van der Waals surface area contributed by atoms with Crippen LogP contribution in [0.3, 0.4) is 0 Å². The van der Waals surface area contributed by atoms with Crippen LogP contribution in [0.15, 0.2) is 22.8 Å². The molecule has 1 aromatic rings. The number of furan rings is 1. The van der Waals surface area contributed by atoms with Crippen LogP contribution in [0, 0.1) is 0 Å². The molecule has 1 aromatic heterocycles. The molecule has 0 saturated carbocycles.